The van der Waals surface area contributed by atoms with Crippen molar-refractivity contribution in [1.82, 2.24) is 29.1 Å². The highest BCUT2D eigenvalue weighted by atomic mass is 35.5. The summed E-state index contributed by atoms with van der Waals surface area (Å²) >= 11 is 25.1. The van der Waals surface area contributed by atoms with Crippen molar-refractivity contribution in [1.29, 1.82) is 0 Å². The van der Waals surface area contributed by atoms with Gasteiger partial charge in [-0.25, -0.2) is 33.7 Å². The van der Waals surface area contributed by atoms with E-state index in [4.69, 9.17) is 46.4 Å². The molecule has 0 spiro atoms. The molecule has 4 aromatic heterocycles. The second kappa shape index (κ2) is 39.7. The molecule has 117 heavy (non-hydrogen) atoms. The van der Waals surface area contributed by atoms with Crippen molar-refractivity contribution in [3.63, 3.8) is 0 Å². The largest absolute Gasteiger partial charge is 0.340 e. The fourth-order valence-electron chi connectivity index (χ4n) is 11.2. The van der Waals surface area contributed by atoms with Gasteiger partial charge in [0.1, 0.15) is 0 Å². The first-order chi connectivity index (χ1) is 55.6. The molecule has 33 heteroatoms. The second-order valence-corrected chi connectivity index (χ2v) is 36.1. The number of aromatic nitrogens is 4. The minimum absolute atomic E-state index is 0.0560. The van der Waals surface area contributed by atoms with E-state index in [1.165, 1.54) is 53.9 Å². The maximum atomic E-state index is 12.9. The van der Waals surface area contributed by atoms with Gasteiger partial charge in [0.05, 0.1) is 65.0 Å². The van der Waals surface area contributed by atoms with Crippen LogP contribution in [0, 0.1) is 0 Å². The average Bonchev–Trinajstić information content (AvgIpc) is 0.802. The van der Waals surface area contributed by atoms with E-state index in [0.717, 1.165) is 11.8 Å². The van der Waals surface area contributed by atoms with E-state index in [-0.39, 0.29) is 53.3 Å². The number of sulfone groups is 1. The molecule has 25 nitrogen and oxygen atoms in total. The number of sulfonamides is 3. The number of nitrogens with zero attached hydrogens (tertiary/aromatic N) is 6. The number of anilines is 6. The molecule has 1 saturated heterocycles. The Morgan fingerprint density at radius 2 is 0.667 bits per heavy atom. The molecule has 0 unspecified atom stereocenters. The number of piperazine rings is 1. The van der Waals surface area contributed by atoms with Crippen molar-refractivity contribution in [3.8, 4) is 45.0 Å². The normalized spacial score (nSPS) is 12.2. The monoisotopic (exact) mass is 1730 g/mol. The summed E-state index contributed by atoms with van der Waals surface area (Å²) in [4.78, 5) is 80.5. The summed E-state index contributed by atoms with van der Waals surface area (Å²) in [6, 6.07) is 67.2. The molecule has 5 amide bonds. The zero-order valence-corrected chi connectivity index (χ0v) is 69.4. The Morgan fingerprint density at radius 3 is 0.940 bits per heavy atom. The first kappa shape index (κ1) is 87.6. The summed E-state index contributed by atoms with van der Waals surface area (Å²) in [6.45, 7) is 5.84. The topological polar surface area (TPSA) is 352 Å². The molecule has 0 radical (unpaired) electrons. The lowest BCUT2D eigenvalue weighted by Gasteiger charge is -2.33. The van der Waals surface area contributed by atoms with E-state index in [9.17, 15) is 57.6 Å². The van der Waals surface area contributed by atoms with Gasteiger partial charge >= 0.3 is 0 Å². The van der Waals surface area contributed by atoms with E-state index in [0.29, 0.717) is 135 Å². The van der Waals surface area contributed by atoms with Gasteiger partial charge in [0.25, 0.3) is 23.6 Å². The lowest BCUT2D eigenvalue weighted by molar-refractivity contribution is -0.130. The third kappa shape index (κ3) is 25.4. The van der Waals surface area contributed by atoms with Crippen molar-refractivity contribution in [2.75, 3.05) is 69.4 Å². The highest BCUT2D eigenvalue weighted by Gasteiger charge is 2.30. The van der Waals surface area contributed by atoms with Crippen LogP contribution in [0.2, 0.25) is 20.1 Å². The number of hydrogen-bond acceptors (Lipinski definition) is 17. The zero-order chi connectivity index (χ0) is 84.2. The van der Waals surface area contributed by atoms with Crippen LogP contribution in [0.3, 0.4) is 0 Å². The number of carbonyl (C=O) groups excluding carboxylic acids is 5. The third-order valence-electron chi connectivity index (χ3n) is 17.2. The van der Waals surface area contributed by atoms with Crippen LogP contribution in [-0.4, -0.2) is 136 Å². The molecule has 8 aromatic carbocycles. The van der Waals surface area contributed by atoms with Crippen molar-refractivity contribution >= 4 is 150 Å². The highest BCUT2D eigenvalue weighted by Crippen LogP contribution is 2.34. The van der Waals surface area contributed by atoms with Gasteiger partial charge in [-0.2, -0.15) is 4.31 Å². The molecule has 5 heterocycles. The molecular formula is C84H76Cl4N12O13S4. The van der Waals surface area contributed by atoms with Crippen LogP contribution in [0.25, 0.3) is 45.0 Å². The van der Waals surface area contributed by atoms with Crippen molar-refractivity contribution in [3.05, 3.63) is 315 Å². The predicted octanol–water partition coefficient (Wildman–Crippen LogP) is 16.5. The van der Waals surface area contributed by atoms with Gasteiger partial charge in [-0.05, 0) is 226 Å². The summed E-state index contributed by atoms with van der Waals surface area (Å²) in [6.07, 6.45) is 8.92. The summed E-state index contributed by atoms with van der Waals surface area (Å²) in [7, 11) is -13.6. The van der Waals surface area contributed by atoms with Crippen molar-refractivity contribution in [2.45, 2.75) is 36.7 Å². The highest BCUT2D eigenvalue weighted by molar-refractivity contribution is 7.93. The molecule has 1 aliphatic heterocycles. The second-order valence-electron chi connectivity index (χ2n) is 26.4. The predicted molar refractivity (Wildman–Crippen MR) is 462 cm³/mol. The molecule has 602 valence electrons. The molecule has 1 fully saturated rings. The molecule has 6 N–H and O–H groups in total. The van der Waals surface area contributed by atoms with Crippen LogP contribution < -0.4 is 30.7 Å². The Balaban J connectivity index is 0.000000165. The summed E-state index contributed by atoms with van der Waals surface area (Å²) < 4.78 is 101. The lowest BCUT2D eigenvalue weighted by atomic mass is 10.1. The first-order valence-electron chi connectivity index (χ1n) is 35.6. The van der Waals surface area contributed by atoms with Crippen LogP contribution in [-0.2, 0) is 50.5 Å². The van der Waals surface area contributed by atoms with Gasteiger partial charge in [0, 0.05) is 143 Å². The zero-order valence-electron chi connectivity index (χ0n) is 63.2. The summed E-state index contributed by atoms with van der Waals surface area (Å²) in [5.74, 6) is -1.45. The smallest absolute Gasteiger partial charge is 0.255 e. The molecule has 13 rings (SSSR count). The van der Waals surface area contributed by atoms with Crippen LogP contribution in [0.4, 0.5) is 34.1 Å². The number of amides is 5. The molecule has 12 aromatic rings. The average molecular weight is 1730 g/mol. The standard InChI is InChI=1S/C24H23ClN4O4S.C21H20ClN3O3S.C20H17ClN2O3S.C19H16ClN3O3S/c1-17(30)28-12-14-29(15-13-28)34(32,33)20-8-5-18(6-9-20)24(31)27-19-7-10-22(25)21(16-19)23-4-2-3-11-26-23;1-14(2)29(27,28)25-16-8-6-15(7-9-16)21(26)24-17-10-11-19(22)18(13-17)20-5-3-4-12-23-20;1-27(25,26)13-14-5-7-15(8-6-14)20(24)23-16-9-10-18(21)17(12-16)19-4-2-3-11-22-19;1-27(25,26)23-14-7-5-13(6-8-14)19(24)22-15-9-10-17(20)16(12-15)18-4-2-3-11-21-18/h2-11,16H,12-15H2,1H3,(H,27,31);3-14,25H,1-2H3,(H,24,26);2-12H,13H2,1H3,(H,23,24);2-12,23H,1H3,(H,22,24). The third-order valence-corrected chi connectivity index (χ3v) is 23.7. The SMILES string of the molecule is CC(=O)N1CCN(S(=O)(=O)c2ccc(C(=O)Nc3ccc(Cl)c(-c4ccccn4)c3)cc2)CC1.CC(C)S(=O)(=O)Nc1ccc(C(=O)Nc2ccc(Cl)c(-c3ccccn3)c2)cc1.CS(=O)(=O)Cc1ccc(C(=O)Nc2ccc(Cl)c(-c3ccccn3)c2)cc1.CS(=O)(=O)Nc1ccc(C(=O)Nc2ccc(Cl)c(-c3ccccn3)c2)cc1. The van der Waals surface area contributed by atoms with Crippen LogP contribution in [0.15, 0.2) is 272 Å². The fourth-order valence-corrected chi connectivity index (χ4v) is 15.5. The number of benzene rings is 8. The molecule has 0 aliphatic carbocycles. The lowest BCUT2D eigenvalue weighted by Crippen LogP contribution is -2.49. The Labute approximate surface area is 698 Å². The molecule has 0 bridgehead atoms. The van der Waals surface area contributed by atoms with E-state index in [1.54, 1.807) is 183 Å². The van der Waals surface area contributed by atoms with E-state index in [1.807, 2.05) is 66.7 Å². The van der Waals surface area contributed by atoms with Gasteiger partial charge < -0.3 is 26.2 Å². The fraction of sp³-hybridized carbons (Fsp3) is 0.131. The number of nitrogens with one attached hydrogen (secondary N) is 6. The Hall–Kier alpha value is -11.8. The van der Waals surface area contributed by atoms with Gasteiger partial charge in [0.2, 0.25) is 36.0 Å². The number of halogens is 4. The Morgan fingerprint density at radius 1 is 0.376 bits per heavy atom. The van der Waals surface area contributed by atoms with Gasteiger partial charge in [-0.15, -0.1) is 0 Å². The molecule has 1 aliphatic rings. The molecule has 0 atom stereocenters. The quantitative estimate of drug-likeness (QED) is 0.0389. The molecule has 0 saturated carbocycles. The molecular weight excluding hydrogens is 1660 g/mol. The van der Waals surface area contributed by atoms with E-state index in [2.05, 4.69) is 50.6 Å². The van der Waals surface area contributed by atoms with Gasteiger partial charge in [-0.3, -0.25) is 53.4 Å². The van der Waals surface area contributed by atoms with Crippen LogP contribution in [0.5, 0.6) is 0 Å². The van der Waals surface area contributed by atoms with Crippen LogP contribution >= 0.6 is 46.4 Å². The van der Waals surface area contributed by atoms with Crippen molar-refractivity contribution < 1.29 is 57.6 Å². The number of pyridine rings is 4. The first-order valence-corrected chi connectivity index (χ1v) is 44.0. The van der Waals surface area contributed by atoms with Crippen LogP contribution in [0.1, 0.15) is 67.8 Å². The minimum atomic E-state index is -3.71. The Kier molecular flexibility index (Phi) is 29.7. The summed E-state index contributed by atoms with van der Waals surface area (Å²) in [5.41, 5.74) is 10.9. The van der Waals surface area contributed by atoms with Crippen molar-refractivity contribution in [2.24, 2.45) is 0 Å². The number of rotatable bonds is 21. The van der Waals surface area contributed by atoms with Gasteiger partial charge in [0.15, 0.2) is 9.84 Å². The number of hydrogen-bond donors (Lipinski definition) is 6. The van der Waals surface area contributed by atoms with E-state index >= 15 is 0 Å². The maximum absolute atomic E-state index is 12.9. The number of carbonyl (C=O) groups is 5. The summed E-state index contributed by atoms with van der Waals surface area (Å²) in [5, 5.41) is 12.8. The maximum Gasteiger partial charge on any atom is 0.255 e. The Bertz CT molecular complexity index is 5860. The van der Waals surface area contributed by atoms with Gasteiger partial charge in [-0.1, -0.05) is 82.8 Å². The van der Waals surface area contributed by atoms with E-state index < -0.39 is 45.2 Å². The minimum Gasteiger partial charge on any atom is -0.340 e.